The van der Waals surface area contributed by atoms with Crippen molar-refractivity contribution in [2.45, 2.75) is 36.7 Å². The van der Waals surface area contributed by atoms with Gasteiger partial charge in [0, 0.05) is 22.6 Å². The van der Waals surface area contributed by atoms with E-state index in [2.05, 4.69) is 0 Å². The number of benzene rings is 1. The molecular formula is C12H14FNO2S. The summed E-state index contributed by atoms with van der Waals surface area (Å²) in [5.41, 5.74) is 0.0191. The van der Waals surface area contributed by atoms with Crippen LogP contribution in [0.1, 0.15) is 31.2 Å². The highest BCUT2D eigenvalue weighted by atomic mass is 32.2. The van der Waals surface area contributed by atoms with E-state index in [1.807, 2.05) is 0 Å². The molecule has 0 N–H and O–H groups in total. The minimum absolute atomic E-state index is 0.422. The van der Waals surface area contributed by atoms with Gasteiger partial charge in [-0.1, -0.05) is 25.0 Å². The summed E-state index contributed by atoms with van der Waals surface area (Å²) in [4.78, 5) is 9.93. The van der Waals surface area contributed by atoms with Gasteiger partial charge in [-0.15, -0.1) is 0 Å². The Morgan fingerprint density at radius 2 is 2.12 bits per heavy atom. The van der Waals surface area contributed by atoms with Crippen LogP contribution in [0.25, 0.3) is 0 Å². The van der Waals surface area contributed by atoms with Crippen LogP contribution in [-0.2, 0) is 5.75 Å². The minimum atomic E-state index is -0.678. The molecule has 0 radical (unpaired) electrons. The standard InChI is InChI=1S/C12H14FNO2S/c13-12-9(4-3-7-11(12)14(15)16)8-17-10-5-1-2-6-10/h3-4,7,10H,1-2,5-6,8H2. The molecule has 1 aliphatic rings. The van der Waals surface area contributed by atoms with E-state index < -0.39 is 16.4 Å². The molecular weight excluding hydrogens is 241 g/mol. The number of rotatable bonds is 4. The van der Waals surface area contributed by atoms with Gasteiger partial charge in [0.1, 0.15) is 0 Å². The number of hydrogen-bond acceptors (Lipinski definition) is 3. The first-order valence-corrected chi connectivity index (χ1v) is 6.76. The van der Waals surface area contributed by atoms with Crippen LogP contribution in [0.3, 0.4) is 0 Å². The third kappa shape index (κ3) is 2.97. The van der Waals surface area contributed by atoms with E-state index in [0.717, 1.165) is 0 Å². The molecule has 3 nitrogen and oxygen atoms in total. The van der Waals surface area contributed by atoms with Crippen LogP contribution < -0.4 is 0 Å². The Kier molecular flexibility index (Phi) is 3.99. The Labute approximate surface area is 104 Å². The second kappa shape index (κ2) is 5.49. The molecule has 0 aromatic heterocycles. The van der Waals surface area contributed by atoms with Gasteiger partial charge in [-0.25, -0.2) is 0 Å². The summed E-state index contributed by atoms with van der Waals surface area (Å²) in [6.07, 6.45) is 4.85. The molecule has 1 aliphatic carbocycles. The number of nitro groups is 1. The van der Waals surface area contributed by atoms with Gasteiger partial charge < -0.3 is 0 Å². The lowest BCUT2D eigenvalue weighted by molar-refractivity contribution is -0.387. The third-order valence-corrected chi connectivity index (χ3v) is 4.45. The van der Waals surface area contributed by atoms with Gasteiger partial charge in [0.2, 0.25) is 5.82 Å². The first-order chi connectivity index (χ1) is 8.18. The highest BCUT2D eigenvalue weighted by molar-refractivity contribution is 7.99. The normalized spacial score (nSPS) is 16.3. The molecule has 0 spiro atoms. The smallest absolute Gasteiger partial charge is 0.258 e. The van der Waals surface area contributed by atoms with Crippen LogP contribution in [0.2, 0.25) is 0 Å². The largest absolute Gasteiger partial charge is 0.305 e. The molecule has 0 aliphatic heterocycles. The van der Waals surface area contributed by atoms with Crippen molar-refractivity contribution in [3.05, 3.63) is 39.7 Å². The van der Waals surface area contributed by atoms with Crippen LogP contribution in [0.5, 0.6) is 0 Å². The van der Waals surface area contributed by atoms with Gasteiger partial charge in [0.05, 0.1) is 4.92 Å². The average Bonchev–Trinajstić information content (AvgIpc) is 2.80. The van der Waals surface area contributed by atoms with E-state index in [-0.39, 0.29) is 0 Å². The van der Waals surface area contributed by atoms with Gasteiger partial charge >= 0.3 is 5.69 Å². The van der Waals surface area contributed by atoms with Crippen molar-refractivity contribution >= 4 is 17.4 Å². The Balaban J connectivity index is 2.04. The van der Waals surface area contributed by atoms with E-state index >= 15 is 0 Å². The molecule has 1 saturated carbocycles. The predicted octanol–water partition coefficient (Wildman–Crippen LogP) is 3.91. The molecule has 1 aromatic carbocycles. The van der Waals surface area contributed by atoms with Crippen LogP contribution >= 0.6 is 11.8 Å². The zero-order valence-electron chi connectivity index (χ0n) is 9.39. The van der Waals surface area contributed by atoms with Gasteiger partial charge in [0.25, 0.3) is 0 Å². The maximum Gasteiger partial charge on any atom is 0.305 e. The first-order valence-electron chi connectivity index (χ1n) is 5.72. The number of halogens is 1. The van der Waals surface area contributed by atoms with Crippen molar-refractivity contribution in [3.63, 3.8) is 0 Å². The van der Waals surface area contributed by atoms with E-state index in [4.69, 9.17) is 0 Å². The molecule has 0 heterocycles. The Hall–Kier alpha value is -1.10. The van der Waals surface area contributed by atoms with Crippen molar-refractivity contribution < 1.29 is 9.31 Å². The molecule has 1 aromatic rings. The highest BCUT2D eigenvalue weighted by Gasteiger charge is 2.19. The van der Waals surface area contributed by atoms with Crippen molar-refractivity contribution in [1.82, 2.24) is 0 Å². The predicted molar refractivity (Wildman–Crippen MR) is 66.6 cm³/mol. The number of nitrogens with zero attached hydrogens (tertiary/aromatic N) is 1. The van der Waals surface area contributed by atoms with Crippen molar-refractivity contribution in [3.8, 4) is 0 Å². The number of nitro benzene ring substituents is 1. The van der Waals surface area contributed by atoms with Gasteiger partial charge in [0.15, 0.2) is 0 Å². The Bertz CT molecular complexity index is 419. The van der Waals surface area contributed by atoms with E-state index in [0.29, 0.717) is 16.6 Å². The quantitative estimate of drug-likeness (QED) is 0.605. The number of thioether (sulfide) groups is 1. The molecule has 17 heavy (non-hydrogen) atoms. The number of hydrogen-bond donors (Lipinski definition) is 0. The van der Waals surface area contributed by atoms with E-state index in [1.165, 1.54) is 31.7 Å². The van der Waals surface area contributed by atoms with Crippen LogP contribution in [0, 0.1) is 15.9 Å². The summed E-state index contributed by atoms with van der Waals surface area (Å²) >= 11 is 1.71. The summed E-state index contributed by atoms with van der Waals surface area (Å²) in [6.45, 7) is 0. The fraction of sp³-hybridized carbons (Fsp3) is 0.500. The maximum atomic E-state index is 13.7. The minimum Gasteiger partial charge on any atom is -0.258 e. The monoisotopic (exact) mass is 255 g/mol. The van der Waals surface area contributed by atoms with Crippen LogP contribution in [0.4, 0.5) is 10.1 Å². The maximum absolute atomic E-state index is 13.7. The van der Waals surface area contributed by atoms with E-state index in [9.17, 15) is 14.5 Å². The second-order valence-corrected chi connectivity index (χ2v) is 5.51. The van der Waals surface area contributed by atoms with Crippen molar-refractivity contribution in [1.29, 1.82) is 0 Å². The van der Waals surface area contributed by atoms with Gasteiger partial charge in [-0.2, -0.15) is 16.2 Å². The molecule has 92 valence electrons. The first kappa shape index (κ1) is 12.4. The summed E-state index contributed by atoms with van der Waals surface area (Å²) in [5.74, 6) is -0.152. The lowest BCUT2D eigenvalue weighted by Crippen LogP contribution is -1.99. The van der Waals surface area contributed by atoms with Crippen molar-refractivity contribution in [2.75, 3.05) is 0 Å². The lowest BCUT2D eigenvalue weighted by Gasteiger charge is -2.09. The lowest BCUT2D eigenvalue weighted by atomic mass is 10.2. The van der Waals surface area contributed by atoms with Crippen molar-refractivity contribution in [2.24, 2.45) is 0 Å². The van der Waals surface area contributed by atoms with E-state index in [1.54, 1.807) is 23.9 Å². The van der Waals surface area contributed by atoms with Crippen LogP contribution in [-0.4, -0.2) is 10.2 Å². The Morgan fingerprint density at radius 3 is 2.76 bits per heavy atom. The molecule has 0 bridgehead atoms. The zero-order valence-corrected chi connectivity index (χ0v) is 10.2. The summed E-state index contributed by atoms with van der Waals surface area (Å²) < 4.78 is 13.7. The molecule has 0 saturated heterocycles. The summed E-state index contributed by atoms with van der Waals surface area (Å²) in [6, 6.07) is 4.38. The molecule has 0 unspecified atom stereocenters. The molecule has 0 atom stereocenters. The van der Waals surface area contributed by atoms with Crippen LogP contribution in [0.15, 0.2) is 18.2 Å². The topological polar surface area (TPSA) is 43.1 Å². The Morgan fingerprint density at radius 1 is 1.41 bits per heavy atom. The second-order valence-electron chi connectivity index (χ2n) is 4.22. The fourth-order valence-electron chi connectivity index (χ4n) is 2.08. The third-order valence-electron chi connectivity index (χ3n) is 3.03. The molecule has 5 heteroatoms. The SMILES string of the molecule is O=[N+]([O-])c1cccc(CSC2CCCC2)c1F. The summed E-state index contributed by atoms with van der Waals surface area (Å²) in [7, 11) is 0. The fourth-order valence-corrected chi connectivity index (χ4v) is 3.39. The van der Waals surface area contributed by atoms with Gasteiger partial charge in [-0.05, 0) is 12.8 Å². The molecule has 0 amide bonds. The molecule has 1 fully saturated rings. The highest BCUT2D eigenvalue weighted by Crippen LogP contribution is 2.33. The summed E-state index contributed by atoms with van der Waals surface area (Å²) in [5, 5.41) is 11.2. The molecule has 2 rings (SSSR count). The zero-order chi connectivity index (χ0) is 12.3. The average molecular weight is 255 g/mol. The van der Waals surface area contributed by atoms with Gasteiger partial charge in [-0.3, -0.25) is 10.1 Å².